The van der Waals surface area contributed by atoms with Gasteiger partial charge in [0.15, 0.2) is 5.92 Å². The van der Waals surface area contributed by atoms with Crippen LogP contribution in [-0.4, -0.2) is 50.6 Å². The molecule has 2 aliphatic heterocycles. The number of hydrogen-bond acceptors (Lipinski definition) is 6. The third-order valence-corrected chi connectivity index (χ3v) is 2.60. The van der Waals surface area contributed by atoms with Gasteiger partial charge in [0.1, 0.15) is 25.4 Å². The standard InChI is InChI=1S/C11H16O6/c1-2-9(10(12)16-5-7-3-14-7)11(13)17-6-8-4-15-8/h7-9H,2-6H2,1H3. The van der Waals surface area contributed by atoms with E-state index >= 15 is 0 Å². The van der Waals surface area contributed by atoms with Crippen molar-refractivity contribution in [3.63, 3.8) is 0 Å². The molecule has 0 spiro atoms. The van der Waals surface area contributed by atoms with Crippen LogP contribution in [0.5, 0.6) is 0 Å². The minimum Gasteiger partial charge on any atom is -0.462 e. The van der Waals surface area contributed by atoms with Crippen LogP contribution in [0.3, 0.4) is 0 Å². The van der Waals surface area contributed by atoms with Crippen molar-refractivity contribution in [1.29, 1.82) is 0 Å². The lowest BCUT2D eigenvalue weighted by Crippen LogP contribution is -2.29. The Morgan fingerprint density at radius 2 is 1.53 bits per heavy atom. The third-order valence-electron chi connectivity index (χ3n) is 2.60. The number of hydrogen-bond donors (Lipinski definition) is 0. The Labute approximate surface area is 99.2 Å². The molecule has 0 radical (unpaired) electrons. The number of carbonyl (C=O) groups excluding carboxylic acids is 2. The molecule has 0 aromatic heterocycles. The molecule has 6 heteroatoms. The van der Waals surface area contributed by atoms with Gasteiger partial charge in [0.25, 0.3) is 0 Å². The number of esters is 2. The predicted octanol–water partition coefficient (Wildman–Crippen LogP) is -0.103. The molecule has 0 N–H and O–H groups in total. The Morgan fingerprint density at radius 3 is 1.82 bits per heavy atom. The maximum atomic E-state index is 11.6. The second kappa shape index (κ2) is 5.46. The Hall–Kier alpha value is -1.14. The summed E-state index contributed by atoms with van der Waals surface area (Å²) in [5.41, 5.74) is 0. The van der Waals surface area contributed by atoms with Gasteiger partial charge in [-0.25, -0.2) is 0 Å². The van der Waals surface area contributed by atoms with Gasteiger partial charge in [0.2, 0.25) is 0 Å². The largest absolute Gasteiger partial charge is 0.462 e. The van der Waals surface area contributed by atoms with Gasteiger partial charge in [-0.1, -0.05) is 6.92 Å². The van der Waals surface area contributed by atoms with E-state index in [0.717, 1.165) is 0 Å². The van der Waals surface area contributed by atoms with Gasteiger partial charge in [0.05, 0.1) is 13.2 Å². The average molecular weight is 244 g/mol. The highest BCUT2D eigenvalue weighted by molar-refractivity contribution is 5.94. The van der Waals surface area contributed by atoms with Gasteiger partial charge < -0.3 is 18.9 Å². The van der Waals surface area contributed by atoms with E-state index in [1.807, 2.05) is 0 Å². The zero-order chi connectivity index (χ0) is 12.3. The molecular weight excluding hydrogens is 228 g/mol. The third kappa shape index (κ3) is 3.98. The van der Waals surface area contributed by atoms with Crippen molar-refractivity contribution >= 4 is 11.9 Å². The molecule has 0 aliphatic carbocycles. The highest BCUT2D eigenvalue weighted by Crippen LogP contribution is 2.14. The molecule has 0 aromatic rings. The Morgan fingerprint density at radius 1 is 1.12 bits per heavy atom. The molecule has 2 aliphatic rings. The molecular formula is C11H16O6. The van der Waals surface area contributed by atoms with Gasteiger partial charge in [-0.15, -0.1) is 0 Å². The summed E-state index contributed by atoms with van der Waals surface area (Å²) in [5, 5.41) is 0. The summed E-state index contributed by atoms with van der Waals surface area (Å²) >= 11 is 0. The summed E-state index contributed by atoms with van der Waals surface area (Å²) in [6.45, 7) is 3.41. The Bertz CT molecular complexity index is 266. The first kappa shape index (κ1) is 12.3. The van der Waals surface area contributed by atoms with Crippen LogP contribution in [0.15, 0.2) is 0 Å². The van der Waals surface area contributed by atoms with Crippen molar-refractivity contribution in [1.82, 2.24) is 0 Å². The van der Waals surface area contributed by atoms with Crippen LogP contribution in [0.25, 0.3) is 0 Å². The second-order valence-corrected chi connectivity index (χ2v) is 4.13. The quantitative estimate of drug-likeness (QED) is 0.353. The molecule has 0 bridgehead atoms. The van der Waals surface area contributed by atoms with Crippen molar-refractivity contribution in [2.75, 3.05) is 26.4 Å². The van der Waals surface area contributed by atoms with E-state index in [9.17, 15) is 9.59 Å². The SMILES string of the molecule is CCC(C(=O)OCC1CO1)C(=O)OCC1CO1. The van der Waals surface area contributed by atoms with E-state index in [-0.39, 0.29) is 25.4 Å². The van der Waals surface area contributed by atoms with Crippen molar-refractivity contribution in [3.8, 4) is 0 Å². The molecule has 2 unspecified atom stereocenters. The second-order valence-electron chi connectivity index (χ2n) is 4.13. The lowest BCUT2D eigenvalue weighted by molar-refractivity contribution is -0.162. The summed E-state index contributed by atoms with van der Waals surface area (Å²) in [6, 6.07) is 0. The fourth-order valence-electron chi connectivity index (χ4n) is 1.31. The van der Waals surface area contributed by atoms with Crippen molar-refractivity contribution in [2.24, 2.45) is 5.92 Å². The lowest BCUT2D eigenvalue weighted by Gasteiger charge is -2.12. The van der Waals surface area contributed by atoms with E-state index in [0.29, 0.717) is 19.6 Å². The van der Waals surface area contributed by atoms with Gasteiger partial charge in [-0.2, -0.15) is 0 Å². The zero-order valence-electron chi connectivity index (χ0n) is 9.72. The van der Waals surface area contributed by atoms with Crippen LogP contribution in [-0.2, 0) is 28.5 Å². The first-order chi connectivity index (χ1) is 8.20. The summed E-state index contributed by atoms with van der Waals surface area (Å²) in [4.78, 5) is 23.2. The van der Waals surface area contributed by atoms with E-state index in [4.69, 9.17) is 18.9 Å². The fourth-order valence-corrected chi connectivity index (χ4v) is 1.31. The van der Waals surface area contributed by atoms with Gasteiger partial charge in [0, 0.05) is 0 Å². The molecule has 17 heavy (non-hydrogen) atoms. The Kier molecular flexibility index (Phi) is 3.96. The molecule has 0 amide bonds. The minimum atomic E-state index is -0.840. The summed E-state index contributed by atoms with van der Waals surface area (Å²) in [6.07, 6.45) is 0.383. The monoisotopic (exact) mass is 244 g/mol. The molecule has 2 rings (SSSR count). The molecule has 0 aromatic carbocycles. The minimum absolute atomic E-state index is 0.00680. The predicted molar refractivity (Wildman–Crippen MR) is 55.2 cm³/mol. The van der Waals surface area contributed by atoms with Crippen molar-refractivity contribution in [3.05, 3.63) is 0 Å². The maximum absolute atomic E-state index is 11.6. The Balaban J connectivity index is 1.71. The van der Waals surface area contributed by atoms with Crippen LogP contribution in [0.4, 0.5) is 0 Å². The summed E-state index contributed by atoms with van der Waals surface area (Å²) < 4.78 is 19.8. The van der Waals surface area contributed by atoms with E-state index in [1.54, 1.807) is 6.92 Å². The van der Waals surface area contributed by atoms with Gasteiger partial charge in [-0.3, -0.25) is 9.59 Å². The van der Waals surface area contributed by atoms with Crippen LogP contribution in [0.1, 0.15) is 13.3 Å². The maximum Gasteiger partial charge on any atom is 0.320 e. The molecule has 2 saturated heterocycles. The van der Waals surface area contributed by atoms with E-state index in [1.165, 1.54) is 0 Å². The van der Waals surface area contributed by atoms with Crippen LogP contribution in [0, 0.1) is 5.92 Å². The van der Waals surface area contributed by atoms with Crippen molar-refractivity contribution < 1.29 is 28.5 Å². The number of ether oxygens (including phenoxy) is 4. The average Bonchev–Trinajstić information content (AvgIpc) is 3.17. The van der Waals surface area contributed by atoms with E-state index in [2.05, 4.69) is 0 Å². The smallest absolute Gasteiger partial charge is 0.320 e. The first-order valence-corrected chi connectivity index (χ1v) is 5.77. The van der Waals surface area contributed by atoms with Crippen LogP contribution < -0.4 is 0 Å². The number of carbonyl (C=O) groups is 2. The van der Waals surface area contributed by atoms with Gasteiger partial charge >= 0.3 is 11.9 Å². The molecule has 2 heterocycles. The normalized spacial score (nSPS) is 27.1. The molecule has 6 nitrogen and oxygen atoms in total. The zero-order valence-corrected chi connectivity index (χ0v) is 9.72. The van der Waals surface area contributed by atoms with Crippen LogP contribution >= 0.6 is 0 Å². The van der Waals surface area contributed by atoms with E-state index < -0.39 is 17.9 Å². The summed E-state index contributed by atoms with van der Waals surface area (Å²) in [5.74, 6) is -1.91. The first-order valence-electron chi connectivity index (χ1n) is 5.77. The molecule has 96 valence electrons. The van der Waals surface area contributed by atoms with Crippen molar-refractivity contribution in [2.45, 2.75) is 25.6 Å². The fraction of sp³-hybridized carbons (Fsp3) is 0.818. The topological polar surface area (TPSA) is 77.7 Å². The van der Waals surface area contributed by atoms with Gasteiger partial charge in [-0.05, 0) is 6.42 Å². The number of rotatable bonds is 7. The molecule has 2 atom stereocenters. The lowest BCUT2D eigenvalue weighted by atomic mass is 10.1. The highest BCUT2D eigenvalue weighted by atomic mass is 16.6. The van der Waals surface area contributed by atoms with Crippen LogP contribution in [0.2, 0.25) is 0 Å². The molecule has 0 saturated carbocycles. The summed E-state index contributed by atoms with van der Waals surface area (Å²) in [7, 11) is 0. The molecule has 2 fully saturated rings. The number of epoxide rings is 2. The highest BCUT2D eigenvalue weighted by Gasteiger charge is 2.32.